The Bertz CT molecular complexity index is 1220. The second-order valence-electron chi connectivity index (χ2n) is 7.06. The molecule has 1 aliphatic rings. The maximum Gasteiger partial charge on any atom is 0.231 e. The first kappa shape index (κ1) is 18.9. The Morgan fingerprint density at radius 3 is 2.77 bits per heavy atom. The van der Waals surface area contributed by atoms with Gasteiger partial charge in [-0.2, -0.15) is 4.52 Å². The maximum absolute atomic E-state index is 12.4. The van der Waals surface area contributed by atoms with E-state index in [9.17, 15) is 4.79 Å². The average Bonchev–Trinajstić information content (AvgIpc) is 3.43. The third-order valence-corrected chi connectivity index (χ3v) is 4.88. The smallest absolute Gasteiger partial charge is 0.231 e. The monoisotopic (exact) mass is 416 g/mol. The van der Waals surface area contributed by atoms with Crippen LogP contribution in [-0.2, 0) is 17.8 Å². The Morgan fingerprint density at radius 1 is 1.00 bits per heavy atom. The van der Waals surface area contributed by atoms with E-state index in [0.29, 0.717) is 47.4 Å². The van der Waals surface area contributed by atoms with E-state index in [1.165, 1.54) is 0 Å². The first-order valence-corrected chi connectivity index (χ1v) is 9.93. The van der Waals surface area contributed by atoms with E-state index in [0.717, 1.165) is 5.56 Å². The molecular formula is C22H20N6O3. The highest BCUT2D eigenvalue weighted by atomic mass is 16.7. The molecule has 2 aromatic carbocycles. The Hall–Kier alpha value is -4.14. The molecule has 3 heterocycles. The highest BCUT2D eigenvalue weighted by Crippen LogP contribution is 2.34. The minimum Gasteiger partial charge on any atom is -0.454 e. The van der Waals surface area contributed by atoms with Crippen molar-refractivity contribution in [1.29, 1.82) is 0 Å². The van der Waals surface area contributed by atoms with Gasteiger partial charge in [0.1, 0.15) is 5.82 Å². The summed E-state index contributed by atoms with van der Waals surface area (Å²) >= 11 is 0. The number of hydrogen-bond acceptors (Lipinski definition) is 7. The van der Waals surface area contributed by atoms with Gasteiger partial charge in [0.25, 0.3) is 0 Å². The van der Waals surface area contributed by atoms with Gasteiger partial charge >= 0.3 is 0 Å². The number of carbonyl (C=O) groups excluding carboxylic acids is 1. The summed E-state index contributed by atoms with van der Waals surface area (Å²) in [5.41, 5.74) is 2.45. The van der Waals surface area contributed by atoms with E-state index >= 15 is 0 Å². The lowest BCUT2D eigenvalue weighted by Crippen LogP contribution is -2.13. The fraction of sp³-hybridized carbons (Fsp3) is 0.182. The van der Waals surface area contributed by atoms with E-state index < -0.39 is 0 Å². The van der Waals surface area contributed by atoms with Crippen LogP contribution in [-0.4, -0.2) is 32.5 Å². The largest absolute Gasteiger partial charge is 0.454 e. The first-order valence-electron chi connectivity index (χ1n) is 9.93. The van der Waals surface area contributed by atoms with Crippen LogP contribution in [0.25, 0.3) is 5.65 Å². The molecule has 1 amide bonds. The lowest BCUT2D eigenvalue weighted by molar-refractivity contribution is -0.116. The standard InChI is InChI=1S/C22H20N6O3/c29-22(24-16-6-7-17-18(12-16)31-14-30-17)11-10-21-26-25-20-9-8-19(27-28(20)21)23-13-15-4-2-1-3-5-15/h1-9,12H,10-11,13-14H2,(H,23,27)(H,24,29). The van der Waals surface area contributed by atoms with Gasteiger partial charge in [0.2, 0.25) is 12.7 Å². The number of benzene rings is 2. The SMILES string of the molecule is O=C(CCc1nnc2ccc(NCc3ccccc3)nn12)Nc1ccc2c(c1)OCO2. The van der Waals surface area contributed by atoms with Gasteiger partial charge in [-0.3, -0.25) is 4.79 Å². The van der Waals surface area contributed by atoms with Crippen LogP contribution < -0.4 is 20.1 Å². The van der Waals surface area contributed by atoms with Crippen molar-refractivity contribution in [1.82, 2.24) is 19.8 Å². The molecular weight excluding hydrogens is 396 g/mol. The minimum absolute atomic E-state index is 0.131. The highest BCUT2D eigenvalue weighted by molar-refractivity contribution is 5.91. The van der Waals surface area contributed by atoms with Crippen LogP contribution in [0.4, 0.5) is 11.5 Å². The summed E-state index contributed by atoms with van der Waals surface area (Å²) in [7, 11) is 0. The molecule has 9 heteroatoms. The number of amides is 1. The molecule has 0 radical (unpaired) electrons. The number of hydrogen-bond donors (Lipinski definition) is 2. The number of aromatic nitrogens is 4. The number of ether oxygens (including phenoxy) is 2. The summed E-state index contributed by atoms with van der Waals surface area (Å²) in [5, 5.41) is 19.1. The number of nitrogens with zero attached hydrogens (tertiary/aromatic N) is 4. The van der Waals surface area contributed by atoms with Crippen LogP contribution in [0.5, 0.6) is 11.5 Å². The van der Waals surface area contributed by atoms with Crippen LogP contribution in [0, 0.1) is 0 Å². The van der Waals surface area contributed by atoms with Crippen molar-refractivity contribution in [2.24, 2.45) is 0 Å². The van der Waals surface area contributed by atoms with Gasteiger partial charge in [0.05, 0.1) is 0 Å². The van der Waals surface area contributed by atoms with Gasteiger partial charge in [-0.05, 0) is 29.8 Å². The maximum atomic E-state index is 12.4. The van der Waals surface area contributed by atoms with Gasteiger partial charge < -0.3 is 20.1 Å². The quantitative estimate of drug-likeness (QED) is 0.477. The molecule has 31 heavy (non-hydrogen) atoms. The lowest BCUT2D eigenvalue weighted by Gasteiger charge is -2.07. The molecule has 0 saturated heterocycles. The molecule has 2 aromatic heterocycles. The molecule has 0 spiro atoms. The van der Waals surface area contributed by atoms with E-state index in [1.54, 1.807) is 22.7 Å². The number of carbonyl (C=O) groups is 1. The lowest BCUT2D eigenvalue weighted by atomic mass is 10.2. The Morgan fingerprint density at radius 2 is 1.87 bits per heavy atom. The third kappa shape index (κ3) is 4.25. The van der Waals surface area contributed by atoms with E-state index in [4.69, 9.17) is 9.47 Å². The van der Waals surface area contributed by atoms with E-state index in [-0.39, 0.29) is 19.1 Å². The fourth-order valence-electron chi connectivity index (χ4n) is 3.30. The van der Waals surface area contributed by atoms with Crippen molar-refractivity contribution in [2.75, 3.05) is 17.4 Å². The van der Waals surface area contributed by atoms with Gasteiger partial charge in [0.15, 0.2) is 23.0 Å². The van der Waals surface area contributed by atoms with Crippen molar-refractivity contribution in [3.63, 3.8) is 0 Å². The molecule has 0 saturated carbocycles. The van der Waals surface area contributed by atoms with Crippen molar-refractivity contribution >= 4 is 23.1 Å². The normalized spacial score (nSPS) is 12.1. The molecule has 5 rings (SSSR count). The van der Waals surface area contributed by atoms with E-state index in [1.807, 2.05) is 30.3 Å². The molecule has 4 aromatic rings. The fourth-order valence-corrected chi connectivity index (χ4v) is 3.30. The van der Waals surface area contributed by atoms with Gasteiger partial charge in [0, 0.05) is 31.1 Å². The third-order valence-electron chi connectivity index (χ3n) is 4.88. The molecule has 0 atom stereocenters. The zero-order chi connectivity index (χ0) is 21.0. The molecule has 156 valence electrons. The van der Waals surface area contributed by atoms with Gasteiger partial charge in [-0.15, -0.1) is 15.3 Å². The number of aryl methyl sites for hydroxylation is 1. The Labute approximate surface area is 178 Å². The predicted molar refractivity (Wildman–Crippen MR) is 114 cm³/mol. The van der Waals surface area contributed by atoms with Crippen molar-refractivity contribution in [2.45, 2.75) is 19.4 Å². The summed E-state index contributed by atoms with van der Waals surface area (Å²) in [6.07, 6.45) is 0.658. The van der Waals surface area contributed by atoms with Crippen LogP contribution in [0.1, 0.15) is 17.8 Å². The Kier molecular flexibility index (Phi) is 5.05. The second-order valence-corrected chi connectivity index (χ2v) is 7.06. The summed E-state index contributed by atoms with van der Waals surface area (Å²) < 4.78 is 12.3. The molecule has 0 unspecified atom stereocenters. The van der Waals surface area contributed by atoms with Crippen LogP contribution in [0.3, 0.4) is 0 Å². The van der Waals surface area contributed by atoms with Crippen molar-refractivity contribution in [3.05, 3.63) is 72.1 Å². The zero-order valence-corrected chi connectivity index (χ0v) is 16.6. The zero-order valence-electron chi connectivity index (χ0n) is 16.6. The number of fused-ring (bicyclic) bond motifs is 2. The first-order chi connectivity index (χ1) is 15.2. The average molecular weight is 416 g/mol. The summed E-state index contributed by atoms with van der Waals surface area (Å²) in [6, 6.07) is 19.1. The molecule has 0 fully saturated rings. The van der Waals surface area contributed by atoms with Crippen LogP contribution in [0.2, 0.25) is 0 Å². The van der Waals surface area contributed by atoms with Crippen LogP contribution in [0.15, 0.2) is 60.7 Å². The molecule has 9 nitrogen and oxygen atoms in total. The van der Waals surface area contributed by atoms with Crippen molar-refractivity contribution < 1.29 is 14.3 Å². The number of nitrogens with one attached hydrogen (secondary N) is 2. The molecule has 0 aliphatic carbocycles. The molecule has 1 aliphatic heterocycles. The van der Waals surface area contributed by atoms with Crippen molar-refractivity contribution in [3.8, 4) is 11.5 Å². The van der Waals surface area contributed by atoms with Crippen LogP contribution >= 0.6 is 0 Å². The highest BCUT2D eigenvalue weighted by Gasteiger charge is 2.15. The topological polar surface area (TPSA) is 103 Å². The summed E-state index contributed by atoms with van der Waals surface area (Å²) in [6.45, 7) is 0.858. The van der Waals surface area contributed by atoms with Gasteiger partial charge in [-0.25, -0.2) is 0 Å². The Balaban J connectivity index is 1.22. The number of rotatable bonds is 7. The minimum atomic E-state index is -0.131. The summed E-state index contributed by atoms with van der Waals surface area (Å²) in [5.74, 6) is 2.51. The second kappa shape index (κ2) is 8.31. The molecule has 2 N–H and O–H groups in total. The van der Waals surface area contributed by atoms with E-state index in [2.05, 4.69) is 38.1 Å². The van der Waals surface area contributed by atoms with Gasteiger partial charge in [-0.1, -0.05) is 30.3 Å². The predicted octanol–water partition coefficient (Wildman–Crippen LogP) is 3.04. The molecule has 0 bridgehead atoms. The number of anilines is 2. The summed E-state index contributed by atoms with van der Waals surface area (Å²) in [4.78, 5) is 12.4.